The first-order valence-electron chi connectivity index (χ1n) is 9.33. The van der Waals surface area contributed by atoms with E-state index >= 15 is 0 Å². The summed E-state index contributed by atoms with van der Waals surface area (Å²) in [5.74, 6) is 1.80. The first-order valence-corrected chi connectivity index (χ1v) is 9.77. The monoisotopic (exact) mass is 332 g/mol. The maximum atomic E-state index is 12.3. The maximum Gasteiger partial charge on any atom is 0.196 e. The lowest BCUT2D eigenvalue weighted by Gasteiger charge is -2.57. The van der Waals surface area contributed by atoms with Crippen molar-refractivity contribution >= 4 is 23.5 Å². The normalized spacial score (nSPS) is 49.0. The SMILES string of the molecule is C[C@@]12CCC[C@H]1[C@@H]1CCC3=CC(=O)C(C(=O)S)C[C@]3(C)[C@@H]1CC2. The lowest BCUT2D eigenvalue weighted by Crippen LogP contribution is -2.51. The average molecular weight is 333 g/mol. The lowest BCUT2D eigenvalue weighted by atomic mass is 9.47. The van der Waals surface area contributed by atoms with E-state index < -0.39 is 5.92 Å². The van der Waals surface area contributed by atoms with Crippen molar-refractivity contribution in [1.29, 1.82) is 0 Å². The van der Waals surface area contributed by atoms with Gasteiger partial charge in [0.2, 0.25) is 0 Å². The molecule has 2 nitrogen and oxygen atoms in total. The standard InChI is InChI=1S/C20H28O2S/c1-19-8-3-4-15(19)13-6-5-12-10-17(21)14(18(22)23)11-20(12,2)16(13)7-9-19/h10,13-16H,3-9,11H2,1-2H3,(H,22,23)/t13-,14?,15-,16+,19-,20-/m0/s1. The van der Waals surface area contributed by atoms with E-state index in [0.29, 0.717) is 17.8 Å². The summed E-state index contributed by atoms with van der Waals surface area (Å²) in [6.45, 7) is 4.85. The Hall–Kier alpha value is -0.570. The number of thiol groups is 1. The Kier molecular flexibility index (Phi) is 3.61. The molecule has 3 saturated carbocycles. The summed E-state index contributed by atoms with van der Waals surface area (Å²) < 4.78 is 0. The van der Waals surface area contributed by atoms with Crippen LogP contribution in [-0.2, 0) is 9.59 Å². The van der Waals surface area contributed by atoms with E-state index in [1.54, 1.807) is 0 Å². The zero-order chi connectivity index (χ0) is 16.4. The summed E-state index contributed by atoms with van der Waals surface area (Å²) in [6.07, 6.45) is 11.6. The smallest absolute Gasteiger partial charge is 0.196 e. The van der Waals surface area contributed by atoms with Gasteiger partial charge >= 0.3 is 0 Å². The van der Waals surface area contributed by atoms with Gasteiger partial charge in [-0.05, 0) is 79.6 Å². The van der Waals surface area contributed by atoms with Crippen LogP contribution < -0.4 is 0 Å². The molecule has 0 heterocycles. The van der Waals surface area contributed by atoms with Crippen molar-refractivity contribution < 1.29 is 9.59 Å². The van der Waals surface area contributed by atoms with Crippen LogP contribution in [0.15, 0.2) is 11.6 Å². The highest BCUT2D eigenvalue weighted by Crippen LogP contribution is 2.65. The van der Waals surface area contributed by atoms with Crippen LogP contribution in [0.4, 0.5) is 0 Å². The first kappa shape index (κ1) is 15.9. The molecule has 0 aliphatic heterocycles. The molecule has 4 aliphatic carbocycles. The van der Waals surface area contributed by atoms with Gasteiger partial charge in [-0.1, -0.05) is 25.8 Å². The van der Waals surface area contributed by atoms with Gasteiger partial charge in [-0.3, -0.25) is 9.59 Å². The van der Waals surface area contributed by atoms with Crippen LogP contribution in [0.5, 0.6) is 0 Å². The minimum atomic E-state index is -0.511. The average Bonchev–Trinajstić information content (AvgIpc) is 2.89. The molecule has 4 aliphatic rings. The van der Waals surface area contributed by atoms with E-state index in [9.17, 15) is 9.59 Å². The second-order valence-corrected chi connectivity index (χ2v) is 9.53. The quantitative estimate of drug-likeness (QED) is 0.563. The van der Waals surface area contributed by atoms with E-state index in [4.69, 9.17) is 0 Å². The van der Waals surface area contributed by atoms with Crippen molar-refractivity contribution in [3.8, 4) is 0 Å². The number of hydrogen-bond acceptors (Lipinski definition) is 2. The van der Waals surface area contributed by atoms with Gasteiger partial charge in [-0.25, -0.2) is 0 Å². The third-order valence-corrected chi connectivity index (χ3v) is 8.42. The van der Waals surface area contributed by atoms with Crippen LogP contribution in [0.2, 0.25) is 0 Å². The molecule has 126 valence electrons. The molecule has 0 bridgehead atoms. The molecule has 0 aromatic rings. The van der Waals surface area contributed by atoms with Crippen molar-refractivity contribution in [2.45, 2.75) is 65.2 Å². The summed E-state index contributed by atoms with van der Waals surface area (Å²) in [4.78, 5) is 24.1. The molecule has 3 fully saturated rings. The molecule has 0 radical (unpaired) electrons. The number of fused-ring (bicyclic) bond motifs is 5. The molecule has 0 aromatic carbocycles. The molecule has 3 heteroatoms. The molecular weight excluding hydrogens is 304 g/mol. The Morgan fingerprint density at radius 1 is 1.17 bits per heavy atom. The van der Waals surface area contributed by atoms with E-state index in [-0.39, 0.29) is 16.3 Å². The molecule has 23 heavy (non-hydrogen) atoms. The van der Waals surface area contributed by atoms with Gasteiger partial charge in [0.05, 0.1) is 5.92 Å². The Bertz CT molecular complexity index is 594. The van der Waals surface area contributed by atoms with Crippen LogP contribution >= 0.6 is 12.6 Å². The van der Waals surface area contributed by atoms with Crippen LogP contribution in [0.3, 0.4) is 0 Å². The zero-order valence-corrected chi connectivity index (χ0v) is 15.2. The van der Waals surface area contributed by atoms with Gasteiger partial charge in [-0.2, -0.15) is 0 Å². The second-order valence-electron chi connectivity index (χ2n) is 9.08. The number of allylic oxidation sites excluding steroid dienone is 1. The molecule has 6 atom stereocenters. The summed E-state index contributed by atoms with van der Waals surface area (Å²) in [7, 11) is 0. The predicted molar refractivity (Wildman–Crippen MR) is 94.2 cm³/mol. The van der Waals surface area contributed by atoms with E-state index in [1.807, 2.05) is 6.08 Å². The molecule has 0 spiro atoms. The highest BCUT2D eigenvalue weighted by molar-refractivity contribution is 7.96. The highest BCUT2D eigenvalue weighted by atomic mass is 32.1. The number of ketones is 1. The van der Waals surface area contributed by atoms with Crippen molar-refractivity contribution in [3.05, 3.63) is 11.6 Å². The summed E-state index contributed by atoms with van der Waals surface area (Å²) in [6, 6.07) is 0. The van der Waals surface area contributed by atoms with Crippen molar-refractivity contribution in [1.82, 2.24) is 0 Å². The Labute approximate surface area is 144 Å². The highest BCUT2D eigenvalue weighted by Gasteiger charge is 2.57. The Morgan fingerprint density at radius 2 is 1.96 bits per heavy atom. The Balaban J connectivity index is 1.70. The van der Waals surface area contributed by atoms with Gasteiger partial charge in [0, 0.05) is 0 Å². The number of carbonyl (C=O) groups is 2. The molecule has 0 amide bonds. The predicted octanol–water partition coefficient (Wildman–Crippen LogP) is 4.59. The van der Waals surface area contributed by atoms with Gasteiger partial charge in [-0.15, -0.1) is 12.6 Å². The van der Waals surface area contributed by atoms with Crippen LogP contribution in [0.1, 0.15) is 65.2 Å². The van der Waals surface area contributed by atoms with Crippen molar-refractivity contribution in [2.24, 2.45) is 34.5 Å². The molecule has 0 aromatic heterocycles. The summed E-state index contributed by atoms with van der Waals surface area (Å²) in [5.41, 5.74) is 1.93. The number of rotatable bonds is 1. The van der Waals surface area contributed by atoms with Crippen LogP contribution in [0, 0.1) is 34.5 Å². The fraction of sp³-hybridized carbons (Fsp3) is 0.800. The minimum Gasteiger partial charge on any atom is -0.294 e. The third kappa shape index (κ3) is 2.22. The molecule has 0 N–H and O–H groups in total. The van der Waals surface area contributed by atoms with Crippen LogP contribution in [0.25, 0.3) is 0 Å². The fourth-order valence-electron chi connectivity index (χ4n) is 6.85. The second kappa shape index (κ2) is 5.21. The topological polar surface area (TPSA) is 34.1 Å². The van der Waals surface area contributed by atoms with E-state index in [1.165, 1.54) is 44.1 Å². The summed E-state index contributed by atoms with van der Waals surface area (Å²) in [5, 5.41) is -0.241. The van der Waals surface area contributed by atoms with Gasteiger partial charge in [0.25, 0.3) is 0 Å². The Morgan fingerprint density at radius 3 is 2.70 bits per heavy atom. The molecule has 0 saturated heterocycles. The first-order chi connectivity index (χ1) is 10.8. The van der Waals surface area contributed by atoms with Crippen LogP contribution in [-0.4, -0.2) is 10.9 Å². The summed E-state index contributed by atoms with van der Waals surface area (Å²) >= 11 is 4.00. The maximum absolute atomic E-state index is 12.3. The number of hydrogen-bond donors (Lipinski definition) is 1. The van der Waals surface area contributed by atoms with Gasteiger partial charge in [0.1, 0.15) is 0 Å². The van der Waals surface area contributed by atoms with Crippen molar-refractivity contribution in [3.63, 3.8) is 0 Å². The van der Waals surface area contributed by atoms with E-state index in [0.717, 1.165) is 18.3 Å². The molecule has 1 unspecified atom stereocenters. The van der Waals surface area contributed by atoms with Gasteiger partial charge in [0.15, 0.2) is 10.9 Å². The van der Waals surface area contributed by atoms with Gasteiger partial charge < -0.3 is 0 Å². The largest absolute Gasteiger partial charge is 0.294 e. The fourth-order valence-corrected chi connectivity index (χ4v) is 7.06. The lowest BCUT2D eigenvalue weighted by molar-refractivity contribution is -0.129. The van der Waals surface area contributed by atoms with E-state index in [2.05, 4.69) is 26.5 Å². The number of carbonyl (C=O) groups excluding carboxylic acids is 2. The zero-order valence-electron chi connectivity index (χ0n) is 14.3. The minimum absolute atomic E-state index is 0.00237. The van der Waals surface area contributed by atoms with Crippen molar-refractivity contribution in [2.75, 3.05) is 0 Å². The molecule has 4 rings (SSSR count). The third-order valence-electron chi connectivity index (χ3n) is 8.10. The molecular formula is C20H28O2S.